The number of nitrogens with zero attached hydrogens (tertiary/aromatic N) is 1. The Morgan fingerprint density at radius 3 is 2.75 bits per heavy atom. The number of amides is 1. The van der Waals surface area contributed by atoms with E-state index in [0.29, 0.717) is 12.3 Å². The summed E-state index contributed by atoms with van der Waals surface area (Å²) in [7, 11) is 0. The first-order valence-corrected chi connectivity index (χ1v) is 9.77. The van der Waals surface area contributed by atoms with Gasteiger partial charge in [0.15, 0.2) is 5.76 Å². The Bertz CT molecular complexity index is 1050. The summed E-state index contributed by atoms with van der Waals surface area (Å²) in [5.74, 6) is 0.570. The second-order valence-electron chi connectivity index (χ2n) is 7.36. The topological polar surface area (TPSA) is 64.2 Å². The molecule has 28 heavy (non-hydrogen) atoms. The van der Waals surface area contributed by atoms with Crippen LogP contribution in [-0.4, -0.2) is 10.5 Å². The lowest BCUT2D eigenvalue weighted by Gasteiger charge is -2.19. The average molecular weight is 376 g/mol. The van der Waals surface area contributed by atoms with E-state index in [4.69, 9.17) is 4.42 Å². The largest absolute Gasteiger partial charge is 0.454 e. The molecule has 1 amide bonds. The Morgan fingerprint density at radius 1 is 1.11 bits per heavy atom. The third-order valence-corrected chi connectivity index (χ3v) is 5.33. The molecule has 144 valence electrons. The fraction of sp³-hybridized carbons (Fsp3) is 0.304. The van der Waals surface area contributed by atoms with Crippen LogP contribution in [0.4, 0.5) is 0 Å². The van der Waals surface area contributed by atoms with Crippen molar-refractivity contribution in [3.05, 3.63) is 93.3 Å². The van der Waals surface area contributed by atoms with E-state index in [2.05, 4.69) is 23.5 Å². The van der Waals surface area contributed by atoms with Crippen molar-refractivity contribution < 1.29 is 9.21 Å². The highest BCUT2D eigenvalue weighted by Gasteiger charge is 2.17. The van der Waals surface area contributed by atoms with Crippen LogP contribution in [0.5, 0.6) is 0 Å². The van der Waals surface area contributed by atoms with Crippen LogP contribution in [0.15, 0.2) is 63.9 Å². The number of fused-ring (bicyclic) bond motifs is 1. The summed E-state index contributed by atoms with van der Waals surface area (Å²) in [6.45, 7) is 2.28. The van der Waals surface area contributed by atoms with Gasteiger partial charge in [-0.05, 0) is 67.5 Å². The zero-order chi connectivity index (χ0) is 19.5. The summed E-state index contributed by atoms with van der Waals surface area (Å²) in [4.78, 5) is 24.4. The molecule has 0 aliphatic heterocycles. The molecule has 0 bridgehead atoms. The molecule has 2 heterocycles. The van der Waals surface area contributed by atoms with Crippen molar-refractivity contribution in [3.8, 4) is 0 Å². The smallest absolute Gasteiger partial charge is 0.287 e. The maximum atomic E-state index is 12.6. The van der Waals surface area contributed by atoms with Gasteiger partial charge in [-0.25, -0.2) is 0 Å². The maximum absolute atomic E-state index is 12.6. The minimum absolute atomic E-state index is 0.106. The van der Waals surface area contributed by atoms with E-state index in [9.17, 15) is 9.59 Å². The van der Waals surface area contributed by atoms with Crippen LogP contribution in [0.1, 0.15) is 58.8 Å². The van der Waals surface area contributed by atoms with Gasteiger partial charge < -0.3 is 14.3 Å². The van der Waals surface area contributed by atoms with Crippen molar-refractivity contribution in [1.82, 2.24) is 9.88 Å². The Morgan fingerprint density at radius 2 is 1.93 bits per heavy atom. The summed E-state index contributed by atoms with van der Waals surface area (Å²) < 4.78 is 7.20. The van der Waals surface area contributed by atoms with E-state index in [1.54, 1.807) is 30.5 Å². The number of aromatic nitrogens is 1. The summed E-state index contributed by atoms with van der Waals surface area (Å²) in [6.07, 6.45) is 6.45. The third-order valence-electron chi connectivity index (χ3n) is 5.33. The standard InChI is InChI=1S/C23H24N2O3/c1-16(18-10-9-17-6-2-3-7-19(17)14-18)24-23(27)21-12-11-20(28-21)15-25-13-5-4-8-22(25)26/h4-5,8-14,16H,2-3,6-7,15H2,1H3,(H,24,27). The number of hydrogen-bond acceptors (Lipinski definition) is 3. The molecule has 3 aromatic rings. The normalized spacial score (nSPS) is 14.3. The van der Waals surface area contributed by atoms with Gasteiger partial charge in [-0.15, -0.1) is 0 Å². The average Bonchev–Trinajstić information content (AvgIpc) is 3.18. The van der Waals surface area contributed by atoms with Gasteiger partial charge in [-0.3, -0.25) is 9.59 Å². The Balaban J connectivity index is 1.43. The molecule has 2 aromatic heterocycles. The molecule has 1 aliphatic carbocycles. The highest BCUT2D eigenvalue weighted by atomic mass is 16.4. The molecule has 0 saturated carbocycles. The molecule has 0 spiro atoms. The molecule has 1 N–H and O–H groups in total. The van der Waals surface area contributed by atoms with Gasteiger partial charge in [0.2, 0.25) is 0 Å². The number of carbonyl (C=O) groups excluding carboxylic acids is 1. The van der Waals surface area contributed by atoms with Crippen LogP contribution >= 0.6 is 0 Å². The van der Waals surface area contributed by atoms with E-state index in [1.165, 1.54) is 34.6 Å². The highest BCUT2D eigenvalue weighted by Crippen LogP contribution is 2.25. The van der Waals surface area contributed by atoms with E-state index in [-0.39, 0.29) is 23.3 Å². The highest BCUT2D eigenvalue weighted by molar-refractivity contribution is 5.91. The summed E-state index contributed by atoms with van der Waals surface area (Å²) in [5.41, 5.74) is 3.83. The second-order valence-corrected chi connectivity index (χ2v) is 7.36. The van der Waals surface area contributed by atoms with Gasteiger partial charge >= 0.3 is 0 Å². The van der Waals surface area contributed by atoms with Gasteiger partial charge in [-0.2, -0.15) is 0 Å². The van der Waals surface area contributed by atoms with Crippen LogP contribution in [0.2, 0.25) is 0 Å². The van der Waals surface area contributed by atoms with E-state index >= 15 is 0 Å². The molecule has 1 unspecified atom stereocenters. The fourth-order valence-corrected chi connectivity index (χ4v) is 3.72. The fourth-order valence-electron chi connectivity index (χ4n) is 3.72. The first kappa shape index (κ1) is 18.3. The molecule has 1 aromatic carbocycles. The number of hydrogen-bond donors (Lipinski definition) is 1. The number of nitrogens with one attached hydrogen (secondary N) is 1. The number of rotatable bonds is 5. The minimum Gasteiger partial charge on any atom is -0.454 e. The van der Waals surface area contributed by atoms with Gasteiger partial charge in [0, 0.05) is 12.3 Å². The quantitative estimate of drug-likeness (QED) is 0.735. The van der Waals surface area contributed by atoms with Crippen LogP contribution in [0.25, 0.3) is 0 Å². The Labute approximate surface area is 164 Å². The number of furan rings is 1. The molecule has 1 atom stereocenters. The number of aryl methyl sites for hydroxylation is 2. The molecule has 0 radical (unpaired) electrons. The number of pyridine rings is 1. The van der Waals surface area contributed by atoms with Crippen LogP contribution in [0, 0.1) is 0 Å². The lowest BCUT2D eigenvalue weighted by Crippen LogP contribution is -2.26. The molecular formula is C23H24N2O3. The van der Waals surface area contributed by atoms with E-state index in [1.807, 2.05) is 6.92 Å². The maximum Gasteiger partial charge on any atom is 0.287 e. The first-order valence-electron chi connectivity index (χ1n) is 9.77. The Kier molecular flexibility index (Phi) is 5.15. The number of benzene rings is 1. The van der Waals surface area contributed by atoms with Crippen molar-refractivity contribution in [1.29, 1.82) is 0 Å². The molecular weight excluding hydrogens is 352 g/mol. The van der Waals surface area contributed by atoms with Crippen molar-refractivity contribution in [3.63, 3.8) is 0 Å². The van der Waals surface area contributed by atoms with Crippen LogP contribution in [-0.2, 0) is 19.4 Å². The lowest BCUT2D eigenvalue weighted by atomic mass is 9.89. The molecule has 5 nitrogen and oxygen atoms in total. The van der Waals surface area contributed by atoms with E-state index in [0.717, 1.165) is 18.4 Å². The van der Waals surface area contributed by atoms with Crippen LogP contribution < -0.4 is 10.9 Å². The molecule has 0 saturated heterocycles. The van der Waals surface area contributed by atoms with Crippen molar-refractivity contribution >= 4 is 5.91 Å². The van der Waals surface area contributed by atoms with Crippen molar-refractivity contribution in [2.24, 2.45) is 0 Å². The number of carbonyl (C=O) groups is 1. The van der Waals surface area contributed by atoms with E-state index < -0.39 is 0 Å². The Hall–Kier alpha value is -3.08. The predicted octanol–water partition coefficient (Wildman–Crippen LogP) is 3.86. The SMILES string of the molecule is CC(NC(=O)c1ccc(Cn2ccccc2=O)o1)c1ccc2c(c1)CCCC2. The molecule has 1 aliphatic rings. The van der Waals surface area contributed by atoms with Gasteiger partial charge in [0.05, 0.1) is 12.6 Å². The second kappa shape index (κ2) is 7.89. The molecule has 5 heteroatoms. The molecule has 0 fully saturated rings. The monoisotopic (exact) mass is 376 g/mol. The summed E-state index contributed by atoms with van der Waals surface area (Å²) in [5, 5.41) is 3.01. The lowest BCUT2D eigenvalue weighted by molar-refractivity contribution is 0.0910. The zero-order valence-electron chi connectivity index (χ0n) is 16.0. The predicted molar refractivity (Wildman–Crippen MR) is 107 cm³/mol. The zero-order valence-corrected chi connectivity index (χ0v) is 16.0. The van der Waals surface area contributed by atoms with Crippen LogP contribution in [0.3, 0.4) is 0 Å². The summed E-state index contributed by atoms with van der Waals surface area (Å²) in [6, 6.07) is 14.8. The molecule has 4 rings (SSSR count). The van der Waals surface area contributed by atoms with Gasteiger partial charge in [-0.1, -0.05) is 24.3 Å². The van der Waals surface area contributed by atoms with Gasteiger partial charge in [0.25, 0.3) is 11.5 Å². The summed E-state index contributed by atoms with van der Waals surface area (Å²) >= 11 is 0. The van der Waals surface area contributed by atoms with Crippen molar-refractivity contribution in [2.45, 2.75) is 45.2 Å². The first-order chi connectivity index (χ1) is 13.6. The van der Waals surface area contributed by atoms with Crippen molar-refractivity contribution in [2.75, 3.05) is 0 Å². The van der Waals surface area contributed by atoms with Gasteiger partial charge in [0.1, 0.15) is 5.76 Å². The minimum atomic E-state index is -0.253. The third kappa shape index (κ3) is 3.93.